The summed E-state index contributed by atoms with van der Waals surface area (Å²) in [7, 11) is 0. The molecule has 0 saturated heterocycles. The van der Waals surface area contributed by atoms with Gasteiger partial charge in [-0.3, -0.25) is 15.2 Å². The smallest absolute Gasteiger partial charge is 0.236 e. The van der Waals surface area contributed by atoms with Gasteiger partial charge in [0.2, 0.25) is 5.91 Å². The number of hydrogen-bond donors (Lipinski definition) is 2. The fourth-order valence-electron chi connectivity index (χ4n) is 2.28. The Kier molecular flexibility index (Phi) is 4.15. The molecule has 98 valence electrons. The van der Waals surface area contributed by atoms with Crippen molar-refractivity contribution < 1.29 is 9.53 Å². The monoisotopic (exact) mass is 249 g/mol. The van der Waals surface area contributed by atoms with Crippen LogP contribution >= 0.6 is 0 Å². The molecule has 1 heterocycles. The minimum Gasteiger partial charge on any atom is -0.489 e. The van der Waals surface area contributed by atoms with Crippen molar-refractivity contribution in [1.82, 2.24) is 10.4 Å². The van der Waals surface area contributed by atoms with Crippen LogP contribution in [0.2, 0.25) is 0 Å². The molecule has 2 rings (SSSR count). The first-order valence-corrected chi connectivity index (χ1v) is 6.29. The van der Waals surface area contributed by atoms with E-state index in [1.165, 1.54) is 0 Å². The lowest BCUT2D eigenvalue weighted by Crippen LogP contribution is -2.38. The number of aryl methyl sites for hydroxylation is 1. The van der Waals surface area contributed by atoms with Crippen LogP contribution in [0.25, 0.3) is 0 Å². The molecule has 0 aliphatic heterocycles. The molecule has 0 bridgehead atoms. The summed E-state index contributed by atoms with van der Waals surface area (Å²) in [6, 6.07) is 3.86. The number of nitrogens with two attached hydrogens (primary N) is 1. The van der Waals surface area contributed by atoms with Gasteiger partial charge in [0, 0.05) is 11.6 Å². The highest BCUT2D eigenvalue weighted by molar-refractivity contribution is 5.77. The molecular weight excluding hydrogens is 230 g/mol. The van der Waals surface area contributed by atoms with Gasteiger partial charge in [0.25, 0.3) is 0 Å². The number of nitrogens with zero attached hydrogens (tertiary/aromatic N) is 1. The van der Waals surface area contributed by atoms with Crippen molar-refractivity contribution in [3.8, 4) is 5.75 Å². The average molecular weight is 249 g/mol. The predicted molar refractivity (Wildman–Crippen MR) is 67.7 cm³/mol. The van der Waals surface area contributed by atoms with Crippen LogP contribution in [-0.4, -0.2) is 17.0 Å². The van der Waals surface area contributed by atoms with Crippen LogP contribution in [0.3, 0.4) is 0 Å². The lowest BCUT2D eigenvalue weighted by atomic mass is 9.87. The SMILES string of the molecule is Cc1ccc(OC2CCC(C(=O)NN)CC2)cn1. The van der Waals surface area contributed by atoms with E-state index in [1.54, 1.807) is 6.20 Å². The largest absolute Gasteiger partial charge is 0.489 e. The van der Waals surface area contributed by atoms with Gasteiger partial charge in [0.15, 0.2) is 0 Å². The average Bonchev–Trinajstić information content (AvgIpc) is 2.41. The summed E-state index contributed by atoms with van der Waals surface area (Å²) >= 11 is 0. The molecule has 1 aromatic heterocycles. The molecule has 3 N–H and O–H groups in total. The number of amides is 1. The number of carbonyl (C=O) groups excluding carboxylic acids is 1. The topological polar surface area (TPSA) is 77.2 Å². The van der Waals surface area contributed by atoms with E-state index in [4.69, 9.17) is 10.6 Å². The van der Waals surface area contributed by atoms with Crippen molar-refractivity contribution in [3.05, 3.63) is 24.0 Å². The van der Waals surface area contributed by atoms with Gasteiger partial charge < -0.3 is 4.74 Å². The summed E-state index contributed by atoms with van der Waals surface area (Å²) in [5.41, 5.74) is 3.19. The Morgan fingerprint density at radius 1 is 1.39 bits per heavy atom. The molecule has 1 saturated carbocycles. The highest BCUT2D eigenvalue weighted by Gasteiger charge is 2.26. The first kappa shape index (κ1) is 12.8. The predicted octanol–water partition coefficient (Wildman–Crippen LogP) is 1.32. The molecule has 0 aromatic carbocycles. The van der Waals surface area contributed by atoms with E-state index in [0.717, 1.165) is 37.1 Å². The maximum atomic E-state index is 11.4. The van der Waals surface area contributed by atoms with Crippen molar-refractivity contribution in [1.29, 1.82) is 0 Å². The van der Waals surface area contributed by atoms with Gasteiger partial charge in [0.05, 0.1) is 12.3 Å². The van der Waals surface area contributed by atoms with Crippen LogP contribution < -0.4 is 16.0 Å². The molecular formula is C13H19N3O2. The zero-order chi connectivity index (χ0) is 13.0. The number of rotatable bonds is 3. The molecule has 0 spiro atoms. The lowest BCUT2D eigenvalue weighted by Gasteiger charge is -2.27. The summed E-state index contributed by atoms with van der Waals surface area (Å²) in [5.74, 6) is 5.90. The summed E-state index contributed by atoms with van der Waals surface area (Å²) in [4.78, 5) is 15.6. The number of hydrazine groups is 1. The first-order valence-electron chi connectivity index (χ1n) is 6.29. The summed E-state index contributed by atoms with van der Waals surface area (Å²) in [5, 5.41) is 0. The molecule has 0 atom stereocenters. The third-order valence-corrected chi connectivity index (χ3v) is 3.37. The highest BCUT2D eigenvalue weighted by atomic mass is 16.5. The number of pyridine rings is 1. The lowest BCUT2D eigenvalue weighted by molar-refractivity contribution is -0.126. The van der Waals surface area contributed by atoms with E-state index >= 15 is 0 Å². The van der Waals surface area contributed by atoms with E-state index in [1.807, 2.05) is 19.1 Å². The second kappa shape index (κ2) is 5.82. The van der Waals surface area contributed by atoms with Crippen molar-refractivity contribution in [2.24, 2.45) is 11.8 Å². The fraction of sp³-hybridized carbons (Fsp3) is 0.538. The second-order valence-corrected chi connectivity index (χ2v) is 4.74. The van der Waals surface area contributed by atoms with E-state index in [9.17, 15) is 4.79 Å². The standard InChI is InChI=1S/C13H19N3O2/c1-9-2-5-12(8-15-9)18-11-6-3-10(4-7-11)13(17)16-14/h2,5,8,10-11H,3-4,6-7,14H2,1H3,(H,16,17). The zero-order valence-corrected chi connectivity index (χ0v) is 10.6. The van der Waals surface area contributed by atoms with Gasteiger partial charge in [-0.05, 0) is 44.7 Å². The number of carbonyl (C=O) groups is 1. The van der Waals surface area contributed by atoms with Crippen LogP contribution in [0.1, 0.15) is 31.4 Å². The van der Waals surface area contributed by atoms with Gasteiger partial charge in [0.1, 0.15) is 5.75 Å². The molecule has 18 heavy (non-hydrogen) atoms. The van der Waals surface area contributed by atoms with Crippen LogP contribution in [-0.2, 0) is 4.79 Å². The Hall–Kier alpha value is -1.62. The van der Waals surface area contributed by atoms with Crippen molar-refractivity contribution in [3.63, 3.8) is 0 Å². The van der Waals surface area contributed by atoms with Gasteiger partial charge >= 0.3 is 0 Å². The number of hydrogen-bond acceptors (Lipinski definition) is 4. The van der Waals surface area contributed by atoms with Gasteiger partial charge in [-0.2, -0.15) is 0 Å². The summed E-state index contributed by atoms with van der Waals surface area (Å²) in [6.45, 7) is 1.94. The third kappa shape index (κ3) is 3.20. The first-order chi connectivity index (χ1) is 8.69. The third-order valence-electron chi connectivity index (χ3n) is 3.37. The van der Waals surface area contributed by atoms with Gasteiger partial charge in [-0.15, -0.1) is 0 Å². The van der Waals surface area contributed by atoms with Crippen molar-refractivity contribution in [2.45, 2.75) is 38.7 Å². The highest BCUT2D eigenvalue weighted by Crippen LogP contribution is 2.27. The summed E-state index contributed by atoms with van der Waals surface area (Å²) < 4.78 is 5.85. The van der Waals surface area contributed by atoms with Crippen LogP contribution in [0.15, 0.2) is 18.3 Å². The molecule has 0 radical (unpaired) electrons. The van der Waals surface area contributed by atoms with Crippen molar-refractivity contribution in [2.75, 3.05) is 0 Å². The molecule has 0 unspecified atom stereocenters. The maximum Gasteiger partial charge on any atom is 0.236 e. The van der Waals surface area contributed by atoms with Crippen LogP contribution in [0.5, 0.6) is 5.75 Å². The molecule has 1 aromatic rings. The number of nitrogens with one attached hydrogen (secondary N) is 1. The van der Waals surface area contributed by atoms with Crippen LogP contribution in [0, 0.1) is 12.8 Å². The Morgan fingerprint density at radius 2 is 2.11 bits per heavy atom. The van der Waals surface area contributed by atoms with Crippen molar-refractivity contribution >= 4 is 5.91 Å². The molecule has 1 fully saturated rings. The number of ether oxygens (including phenoxy) is 1. The minimum atomic E-state index is -0.0644. The molecule has 5 heteroatoms. The number of aromatic nitrogens is 1. The Bertz CT molecular complexity index is 397. The Morgan fingerprint density at radius 3 is 2.67 bits per heavy atom. The molecule has 1 amide bonds. The molecule has 1 aliphatic carbocycles. The van der Waals surface area contributed by atoms with Crippen LogP contribution in [0.4, 0.5) is 0 Å². The summed E-state index contributed by atoms with van der Waals surface area (Å²) in [6.07, 6.45) is 5.34. The minimum absolute atomic E-state index is 0.0333. The fourth-order valence-corrected chi connectivity index (χ4v) is 2.28. The molecule has 1 aliphatic rings. The second-order valence-electron chi connectivity index (χ2n) is 4.74. The zero-order valence-electron chi connectivity index (χ0n) is 10.6. The van der Waals surface area contributed by atoms with E-state index in [-0.39, 0.29) is 17.9 Å². The Labute approximate surface area is 107 Å². The van der Waals surface area contributed by atoms with Gasteiger partial charge in [-0.25, -0.2) is 5.84 Å². The molecule has 5 nitrogen and oxygen atoms in total. The van der Waals surface area contributed by atoms with E-state index < -0.39 is 0 Å². The quantitative estimate of drug-likeness (QED) is 0.481. The van der Waals surface area contributed by atoms with E-state index in [2.05, 4.69) is 10.4 Å². The Balaban J connectivity index is 1.83. The maximum absolute atomic E-state index is 11.4. The van der Waals surface area contributed by atoms with Gasteiger partial charge in [-0.1, -0.05) is 0 Å². The normalized spacial score (nSPS) is 23.4. The van der Waals surface area contributed by atoms with E-state index in [0.29, 0.717) is 0 Å².